The summed E-state index contributed by atoms with van der Waals surface area (Å²) in [4.78, 5) is 0. The Morgan fingerprint density at radius 2 is 2.07 bits per heavy atom. The van der Waals surface area contributed by atoms with Gasteiger partial charge < -0.3 is 5.11 Å². The lowest BCUT2D eigenvalue weighted by molar-refractivity contribution is 0.467. The number of phenols is 1. The van der Waals surface area contributed by atoms with Gasteiger partial charge in [0.1, 0.15) is 5.75 Å². The minimum absolute atomic E-state index is 0.418. The highest BCUT2D eigenvalue weighted by molar-refractivity contribution is 5.44. The molecule has 0 amide bonds. The normalized spacial score (nSPS) is 10.3. The summed E-state index contributed by atoms with van der Waals surface area (Å²) >= 11 is 0. The molecule has 0 aromatic heterocycles. The van der Waals surface area contributed by atoms with Crippen molar-refractivity contribution in [2.45, 2.75) is 40.0 Å². The predicted molar refractivity (Wildman–Crippen MR) is 65.4 cm³/mol. The van der Waals surface area contributed by atoms with Gasteiger partial charge in [-0.15, -0.1) is 0 Å². The van der Waals surface area contributed by atoms with Gasteiger partial charge in [0.05, 0.1) is 0 Å². The second-order valence-electron chi connectivity index (χ2n) is 4.29. The van der Waals surface area contributed by atoms with Crippen LogP contribution in [0, 0.1) is 6.92 Å². The quantitative estimate of drug-likeness (QED) is 0.740. The Bertz CT molecular complexity index is 341. The number of phenolic OH excluding ortho intramolecular Hbond substituents is 1. The average Bonchev–Trinajstić information content (AvgIpc) is 2.11. The molecule has 0 fully saturated rings. The Morgan fingerprint density at radius 3 is 2.53 bits per heavy atom. The molecule has 1 N–H and O–H groups in total. The van der Waals surface area contributed by atoms with Crippen LogP contribution >= 0.6 is 0 Å². The summed E-state index contributed by atoms with van der Waals surface area (Å²) in [6, 6.07) is 4.05. The first kappa shape index (κ1) is 11.8. The van der Waals surface area contributed by atoms with Crippen molar-refractivity contribution >= 4 is 0 Å². The van der Waals surface area contributed by atoms with Crippen LogP contribution in [0.1, 0.15) is 37.0 Å². The van der Waals surface area contributed by atoms with Crippen molar-refractivity contribution in [3.63, 3.8) is 0 Å². The molecule has 0 unspecified atom stereocenters. The Kier molecular flexibility index (Phi) is 3.96. The molecule has 1 heteroatoms. The van der Waals surface area contributed by atoms with Crippen LogP contribution in [-0.2, 0) is 12.8 Å². The minimum Gasteiger partial charge on any atom is -0.508 e. The summed E-state index contributed by atoms with van der Waals surface area (Å²) in [5.74, 6) is 0.418. The van der Waals surface area contributed by atoms with Gasteiger partial charge in [0.25, 0.3) is 0 Å². The lowest BCUT2D eigenvalue weighted by atomic mass is 9.97. The van der Waals surface area contributed by atoms with Crippen LogP contribution in [0.25, 0.3) is 0 Å². The van der Waals surface area contributed by atoms with Gasteiger partial charge in [-0.3, -0.25) is 0 Å². The molecule has 1 aromatic carbocycles. The maximum Gasteiger partial charge on any atom is 0.119 e. The molecule has 0 spiro atoms. The Balaban J connectivity index is 3.03. The van der Waals surface area contributed by atoms with Crippen molar-refractivity contribution in [3.05, 3.63) is 41.0 Å². The fourth-order valence-electron chi connectivity index (χ4n) is 1.84. The van der Waals surface area contributed by atoms with Crippen molar-refractivity contribution in [1.29, 1.82) is 0 Å². The van der Waals surface area contributed by atoms with E-state index in [9.17, 15) is 5.11 Å². The Hall–Kier alpha value is -1.24. The number of allylic oxidation sites excluding steroid dienone is 1. The van der Waals surface area contributed by atoms with Crippen LogP contribution in [0.3, 0.4) is 0 Å². The standard InChI is InChI=1S/C14H20O/c1-5-6-12-8-11(4)13(7-10(2)3)14(15)9-12/h8-9,15H,2,5-7H2,1,3-4H3. The van der Waals surface area contributed by atoms with Crippen molar-refractivity contribution in [3.8, 4) is 5.75 Å². The van der Waals surface area contributed by atoms with Crippen molar-refractivity contribution < 1.29 is 5.11 Å². The van der Waals surface area contributed by atoms with Crippen molar-refractivity contribution in [2.24, 2.45) is 0 Å². The smallest absolute Gasteiger partial charge is 0.119 e. The van der Waals surface area contributed by atoms with E-state index in [-0.39, 0.29) is 0 Å². The molecule has 0 aliphatic carbocycles. The van der Waals surface area contributed by atoms with Crippen LogP contribution < -0.4 is 0 Å². The molecule has 0 atom stereocenters. The lowest BCUT2D eigenvalue weighted by Crippen LogP contribution is -1.94. The topological polar surface area (TPSA) is 20.2 Å². The molecule has 0 saturated heterocycles. The Labute approximate surface area is 92.5 Å². The number of aromatic hydroxyl groups is 1. The molecule has 0 aliphatic rings. The average molecular weight is 204 g/mol. The number of rotatable bonds is 4. The molecule has 0 aliphatic heterocycles. The summed E-state index contributed by atoms with van der Waals surface area (Å²) in [5.41, 5.74) is 4.48. The largest absolute Gasteiger partial charge is 0.508 e. The monoisotopic (exact) mass is 204 g/mol. The van der Waals surface area contributed by atoms with E-state index in [4.69, 9.17) is 0 Å². The van der Waals surface area contributed by atoms with E-state index in [1.807, 2.05) is 13.0 Å². The number of benzene rings is 1. The second-order valence-corrected chi connectivity index (χ2v) is 4.29. The van der Waals surface area contributed by atoms with Gasteiger partial charge >= 0.3 is 0 Å². The Morgan fingerprint density at radius 1 is 1.40 bits per heavy atom. The van der Waals surface area contributed by atoms with Crippen molar-refractivity contribution in [1.82, 2.24) is 0 Å². The van der Waals surface area contributed by atoms with Gasteiger partial charge in [0, 0.05) is 5.56 Å². The van der Waals surface area contributed by atoms with Crippen LogP contribution in [0.2, 0.25) is 0 Å². The first-order valence-electron chi connectivity index (χ1n) is 5.50. The van der Waals surface area contributed by atoms with E-state index >= 15 is 0 Å². The van der Waals surface area contributed by atoms with Crippen LogP contribution in [0.5, 0.6) is 5.75 Å². The SMILES string of the molecule is C=C(C)Cc1c(C)cc(CCC)cc1O. The second kappa shape index (κ2) is 5.01. The van der Waals surface area contributed by atoms with Crippen molar-refractivity contribution in [2.75, 3.05) is 0 Å². The molecular formula is C14H20O. The summed E-state index contributed by atoms with van der Waals surface area (Å²) in [6.45, 7) is 10.1. The number of hydrogen-bond acceptors (Lipinski definition) is 1. The number of hydrogen-bond donors (Lipinski definition) is 1. The molecule has 0 saturated carbocycles. The summed E-state index contributed by atoms with van der Waals surface area (Å²) < 4.78 is 0. The molecule has 0 radical (unpaired) electrons. The number of aryl methyl sites for hydroxylation is 2. The zero-order chi connectivity index (χ0) is 11.4. The summed E-state index contributed by atoms with van der Waals surface area (Å²) in [5, 5.41) is 9.91. The molecule has 0 bridgehead atoms. The summed E-state index contributed by atoms with van der Waals surface area (Å²) in [7, 11) is 0. The van der Waals surface area contributed by atoms with E-state index in [0.29, 0.717) is 5.75 Å². The molecular weight excluding hydrogens is 184 g/mol. The van der Waals surface area contributed by atoms with E-state index in [2.05, 4.69) is 26.5 Å². The zero-order valence-corrected chi connectivity index (χ0v) is 9.93. The van der Waals surface area contributed by atoms with Gasteiger partial charge in [-0.25, -0.2) is 0 Å². The molecule has 1 aromatic rings. The van der Waals surface area contributed by atoms with Gasteiger partial charge in [0.2, 0.25) is 0 Å². The van der Waals surface area contributed by atoms with Gasteiger partial charge in [0.15, 0.2) is 0 Å². The lowest BCUT2D eigenvalue weighted by Gasteiger charge is -2.11. The first-order valence-corrected chi connectivity index (χ1v) is 5.50. The minimum atomic E-state index is 0.418. The maximum absolute atomic E-state index is 9.91. The first-order chi connectivity index (χ1) is 7.04. The van der Waals surface area contributed by atoms with Crippen LogP contribution in [-0.4, -0.2) is 5.11 Å². The highest BCUT2D eigenvalue weighted by Crippen LogP contribution is 2.26. The van der Waals surface area contributed by atoms with E-state index < -0.39 is 0 Å². The zero-order valence-electron chi connectivity index (χ0n) is 9.93. The van der Waals surface area contributed by atoms with E-state index in [1.165, 1.54) is 11.1 Å². The molecule has 1 nitrogen and oxygen atoms in total. The third-order valence-electron chi connectivity index (χ3n) is 2.53. The van der Waals surface area contributed by atoms with Crippen LogP contribution in [0.15, 0.2) is 24.3 Å². The molecule has 82 valence electrons. The van der Waals surface area contributed by atoms with Crippen LogP contribution in [0.4, 0.5) is 0 Å². The summed E-state index contributed by atoms with van der Waals surface area (Å²) in [6.07, 6.45) is 2.91. The fraction of sp³-hybridized carbons (Fsp3) is 0.429. The third-order valence-corrected chi connectivity index (χ3v) is 2.53. The predicted octanol–water partition coefficient (Wildman–Crippen LogP) is 3.77. The third kappa shape index (κ3) is 3.12. The van der Waals surface area contributed by atoms with Gasteiger partial charge in [-0.05, 0) is 43.9 Å². The molecule has 0 heterocycles. The molecule has 15 heavy (non-hydrogen) atoms. The molecule has 1 rings (SSSR count). The highest BCUT2D eigenvalue weighted by atomic mass is 16.3. The highest BCUT2D eigenvalue weighted by Gasteiger charge is 2.07. The van der Waals surface area contributed by atoms with Gasteiger partial charge in [-0.1, -0.05) is 31.6 Å². The van der Waals surface area contributed by atoms with Gasteiger partial charge in [-0.2, -0.15) is 0 Å². The maximum atomic E-state index is 9.91. The fourth-order valence-corrected chi connectivity index (χ4v) is 1.84. The van der Waals surface area contributed by atoms with E-state index in [1.54, 1.807) is 0 Å². The van der Waals surface area contributed by atoms with E-state index in [0.717, 1.165) is 30.4 Å².